The van der Waals surface area contributed by atoms with Gasteiger partial charge in [-0.05, 0) is 0 Å². The first-order valence-corrected chi connectivity index (χ1v) is 3.49. The maximum atomic E-state index is 11.7. The maximum absolute atomic E-state index is 11.7. The molecule has 0 amide bonds. The third kappa shape index (κ3) is 4.89. The summed E-state index contributed by atoms with van der Waals surface area (Å²) in [5.74, 6) is 4.88. The van der Waals surface area contributed by atoms with E-state index in [0.29, 0.717) is 0 Å². The lowest BCUT2D eigenvalue weighted by Gasteiger charge is -2.13. The van der Waals surface area contributed by atoms with E-state index in [1.165, 1.54) is 12.4 Å². The van der Waals surface area contributed by atoms with Gasteiger partial charge in [-0.25, -0.2) is 4.39 Å². The number of halogens is 1. The van der Waals surface area contributed by atoms with Gasteiger partial charge in [-0.2, -0.15) is 0 Å². The van der Waals surface area contributed by atoms with Crippen LogP contribution in [0.15, 0.2) is 12.4 Å². The molecule has 0 aromatic carbocycles. The lowest BCUT2D eigenvalue weighted by molar-refractivity contribution is 0.00780. The van der Waals surface area contributed by atoms with Crippen molar-refractivity contribution in [3.8, 4) is 0 Å². The van der Waals surface area contributed by atoms with Crippen LogP contribution in [-0.4, -0.2) is 35.6 Å². The molecule has 2 unspecified atom stereocenters. The number of hydrazine groups is 1. The Bertz CT molecular complexity index is 134. The quantitative estimate of drug-likeness (QED) is 0.245. The third-order valence-electron chi connectivity index (χ3n) is 1.23. The van der Waals surface area contributed by atoms with Crippen molar-refractivity contribution in [2.24, 2.45) is 5.84 Å². The first-order valence-electron chi connectivity index (χ1n) is 3.49. The molecule has 6 N–H and O–H groups in total. The molecule has 0 aromatic heterocycles. The van der Waals surface area contributed by atoms with E-state index in [-0.39, 0.29) is 6.54 Å². The van der Waals surface area contributed by atoms with Crippen LogP contribution in [0.2, 0.25) is 0 Å². The van der Waals surface area contributed by atoms with Crippen molar-refractivity contribution in [3.63, 3.8) is 0 Å². The number of nitrogens with two attached hydrogens (primary N) is 1. The molecule has 0 saturated heterocycles. The molecular formula is C6H14FN3O2. The summed E-state index contributed by atoms with van der Waals surface area (Å²) in [5, 5.41) is 20.3. The molecule has 0 rings (SSSR count). The Kier molecular flexibility index (Phi) is 6.35. The second kappa shape index (κ2) is 6.84. The molecule has 0 heterocycles. The molecule has 0 aromatic rings. The summed E-state index contributed by atoms with van der Waals surface area (Å²) in [6.07, 6.45) is 0.386. The highest BCUT2D eigenvalue weighted by Crippen LogP contribution is 1.92. The Morgan fingerprint density at radius 2 is 2.00 bits per heavy atom. The topological polar surface area (TPSA) is 90.5 Å². The van der Waals surface area contributed by atoms with Crippen LogP contribution in [0.3, 0.4) is 0 Å². The van der Waals surface area contributed by atoms with Gasteiger partial charge in [-0.15, -0.1) is 0 Å². The van der Waals surface area contributed by atoms with Crippen molar-refractivity contribution in [1.29, 1.82) is 0 Å². The number of nitrogens with one attached hydrogen (secondary N) is 2. The number of alkyl halides is 1. The van der Waals surface area contributed by atoms with Crippen LogP contribution >= 0.6 is 0 Å². The van der Waals surface area contributed by atoms with E-state index in [2.05, 4.69) is 10.7 Å². The monoisotopic (exact) mass is 179 g/mol. The van der Waals surface area contributed by atoms with Crippen molar-refractivity contribution in [3.05, 3.63) is 12.4 Å². The summed E-state index contributed by atoms with van der Waals surface area (Å²) in [7, 11) is 0. The van der Waals surface area contributed by atoms with Gasteiger partial charge < -0.3 is 21.0 Å². The van der Waals surface area contributed by atoms with Crippen molar-refractivity contribution in [1.82, 2.24) is 10.7 Å². The minimum atomic E-state index is -1.34. The van der Waals surface area contributed by atoms with Crippen LogP contribution in [0.5, 0.6) is 0 Å². The van der Waals surface area contributed by atoms with Crippen molar-refractivity contribution >= 4 is 0 Å². The summed E-state index contributed by atoms with van der Waals surface area (Å²) in [5.41, 5.74) is 2.22. The Labute approximate surface area is 70.0 Å². The molecule has 0 radical (unpaired) electrons. The first kappa shape index (κ1) is 11.2. The molecule has 0 aliphatic rings. The van der Waals surface area contributed by atoms with Crippen molar-refractivity contribution < 1.29 is 14.6 Å². The van der Waals surface area contributed by atoms with Crippen LogP contribution in [0, 0.1) is 0 Å². The molecule has 0 fully saturated rings. The summed E-state index contributed by atoms with van der Waals surface area (Å²) in [6, 6.07) is 0. The highest BCUT2D eigenvalue weighted by Gasteiger charge is 2.14. The predicted octanol–water partition coefficient (Wildman–Crippen LogP) is -1.80. The maximum Gasteiger partial charge on any atom is 0.118 e. The number of hydrogen-bond acceptors (Lipinski definition) is 5. The van der Waals surface area contributed by atoms with Gasteiger partial charge in [0, 0.05) is 18.9 Å². The predicted molar refractivity (Wildman–Crippen MR) is 42.5 cm³/mol. The number of aliphatic hydroxyl groups excluding tert-OH is 2. The average Bonchev–Trinajstić information content (AvgIpc) is 2.10. The van der Waals surface area contributed by atoms with E-state index in [4.69, 9.17) is 16.1 Å². The Balaban J connectivity index is 3.43. The Hall–Kier alpha value is -0.850. The minimum absolute atomic E-state index is 0.0727. The van der Waals surface area contributed by atoms with Crippen molar-refractivity contribution in [2.45, 2.75) is 12.2 Å². The van der Waals surface area contributed by atoms with Crippen LogP contribution in [0.4, 0.5) is 4.39 Å². The summed E-state index contributed by atoms with van der Waals surface area (Å²) in [6.45, 7) is -0.884. The summed E-state index contributed by atoms with van der Waals surface area (Å²) < 4.78 is 11.7. The van der Waals surface area contributed by atoms with Gasteiger partial charge in [-0.1, -0.05) is 0 Å². The van der Waals surface area contributed by atoms with Crippen LogP contribution in [0.1, 0.15) is 0 Å². The van der Waals surface area contributed by atoms with Gasteiger partial charge in [-0.3, -0.25) is 5.84 Å². The number of rotatable bonds is 6. The average molecular weight is 179 g/mol. The molecule has 5 nitrogen and oxygen atoms in total. The summed E-state index contributed by atoms with van der Waals surface area (Å²) >= 11 is 0. The molecule has 0 aliphatic carbocycles. The Morgan fingerprint density at radius 3 is 2.50 bits per heavy atom. The second-order valence-corrected chi connectivity index (χ2v) is 2.20. The number of hydrogen-bond donors (Lipinski definition) is 5. The second-order valence-electron chi connectivity index (χ2n) is 2.20. The molecule has 2 atom stereocenters. The van der Waals surface area contributed by atoms with E-state index in [9.17, 15) is 4.39 Å². The molecule has 0 spiro atoms. The SMILES string of the molecule is NN/C=C\NCC(O)C(O)CF. The first-order chi connectivity index (χ1) is 5.72. The van der Waals surface area contributed by atoms with Gasteiger partial charge in [0.1, 0.15) is 12.8 Å². The molecule has 6 heteroatoms. The Morgan fingerprint density at radius 1 is 1.33 bits per heavy atom. The van der Waals surface area contributed by atoms with E-state index in [0.717, 1.165) is 0 Å². The van der Waals surface area contributed by atoms with E-state index < -0.39 is 18.9 Å². The fourth-order valence-corrected chi connectivity index (χ4v) is 0.535. The van der Waals surface area contributed by atoms with Gasteiger partial charge in [0.25, 0.3) is 0 Å². The number of aliphatic hydroxyl groups is 2. The molecule has 0 saturated carbocycles. The molecule has 72 valence electrons. The van der Waals surface area contributed by atoms with Crippen LogP contribution in [-0.2, 0) is 0 Å². The standard InChI is InChI=1S/C6H14FN3O2/c7-3-5(11)6(12)4-9-1-2-10-8/h1-2,5-6,9-12H,3-4,8H2/b2-1-. The van der Waals surface area contributed by atoms with Gasteiger partial charge in [0.15, 0.2) is 0 Å². The molecule has 0 bridgehead atoms. The van der Waals surface area contributed by atoms with Crippen LogP contribution in [0.25, 0.3) is 0 Å². The zero-order valence-electron chi connectivity index (χ0n) is 6.57. The zero-order valence-corrected chi connectivity index (χ0v) is 6.57. The largest absolute Gasteiger partial charge is 0.388 e. The van der Waals surface area contributed by atoms with Gasteiger partial charge in [0.2, 0.25) is 0 Å². The lowest BCUT2D eigenvalue weighted by Crippen LogP contribution is -2.35. The van der Waals surface area contributed by atoms with E-state index >= 15 is 0 Å². The highest BCUT2D eigenvalue weighted by atomic mass is 19.1. The third-order valence-corrected chi connectivity index (χ3v) is 1.23. The van der Waals surface area contributed by atoms with E-state index in [1.807, 2.05) is 0 Å². The molecule has 12 heavy (non-hydrogen) atoms. The van der Waals surface area contributed by atoms with E-state index in [1.54, 1.807) is 0 Å². The van der Waals surface area contributed by atoms with Gasteiger partial charge in [0.05, 0.1) is 6.10 Å². The zero-order chi connectivity index (χ0) is 9.40. The van der Waals surface area contributed by atoms with Crippen molar-refractivity contribution in [2.75, 3.05) is 13.2 Å². The summed E-state index contributed by atoms with van der Waals surface area (Å²) in [4.78, 5) is 0. The minimum Gasteiger partial charge on any atom is -0.388 e. The molecular weight excluding hydrogens is 165 g/mol. The highest BCUT2D eigenvalue weighted by molar-refractivity contribution is 4.78. The normalized spacial score (nSPS) is 16.0. The smallest absolute Gasteiger partial charge is 0.118 e. The van der Waals surface area contributed by atoms with Gasteiger partial charge >= 0.3 is 0 Å². The molecule has 0 aliphatic heterocycles. The van der Waals surface area contributed by atoms with Crippen LogP contribution < -0.4 is 16.6 Å². The fourth-order valence-electron chi connectivity index (χ4n) is 0.535. The fraction of sp³-hybridized carbons (Fsp3) is 0.667. The lowest BCUT2D eigenvalue weighted by atomic mass is 10.2.